The number of aliphatic carboxylic acids is 4. The molecule has 4 fully saturated rings. The fourth-order valence-corrected chi connectivity index (χ4v) is 13.4. The molecule has 4 saturated carbocycles. The van der Waals surface area contributed by atoms with Crippen molar-refractivity contribution in [3.63, 3.8) is 0 Å². The number of carbonyl (C=O) groups is 8. The second kappa shape index (κ2) is 17.4. The molecule has 4 amide bonds. The maximum atomic E-state index is 13.6. The third kappa shape index (κ3) is 10.4. The van der Waals surface area contributed by atoms with Crippen LogP contribution < -0.4 is 21.3 Å². The van der Waals surface area contributed by atoms with Gasteiger partial charge in [0.05, 0.1) is 35.5 Å². The molecule has 14 unspecified atom stereocenters. The maximum absolute atomic E-state index is 13.6. The van der Waals surface area contributed by atoms with Crippen LogP contribution in [0.4, 0.5) is 0 Å². The van der Waals surface area contributed by atoms with E-state index in [1.807, 2.05) is 52.0 Å². The highest BCUT2D eigenvalue weighted by atomic mass is 16.4. The Morgan fingerprint density at radius 1 is 0.516 bits per heavy atom. The van der Waals surface area contributed by atoms with E-state index in [0.29, 0.717) is 51.4 Å². The average Bonchev–Trinajstić information content (AvgIpc) is 3.95. The molecule has 4 bridgehead atoms. The van der Waals surface area contributed by atoms with Crippen molar-refractivity contribution in [2.45, 2.75) is 118 Å². The number of carboxylic acid groups (broad SMARTS) is 4. The Bertz CT molecular complexity index is 1910. The van der Waals surface area contributed by atoms with E-state index >= 15 is 0 Å². The van der Waals surface area contributed by atoms with Gasteiger partial charge in [0.2, 0.25) is 23.6 Å². The normalized spacial score (nSPS) is 36.9. The van der Waals surface area contributed by atoms with Crippen molar-refractivity contribution in [3.8, 4) is 0 Å². The number of hydrogen-bond acceptors (Lipinski definition) is 8. The SMILES string of the molecule is CC1(C)CC(NC(=O)CC(C(=O)O)C(CC(=O)NCC2(C)CC(NC(=O)C3C4C=CC(C4)C3C(=O)O)CC(C)(C)C2)C(=O)O)CC(C)(CNC(=O)C2C3C=CC(C3)C2C(=O)O)C1. The van der Waals surface area contributed by atoms with Crippen molar-refractivity contribution in [1.29, 1.82) is 0 Å². The molecule has 8 N–H and O–H groups in total. The van der Waals surface area contributed by atoms with E-state index in [-0.39, 0.29) is 65.4 Å². The summed E-state index contributed by atoms with van der Waals surface area (Å²) >= 11 is 0. The van der Waals surface area contributed by atoms with Gasteiger partial charge in [-0.05, 0) is 96.7 Å². The molecule has 342 valence electrons. The lowest BCUT2D eigenvalue weighted by atomic mass is 9.62. The van der Waals surface area contributed by atoms with Crippen molar-refractivity contribution in [2.75, 3.05) is 13.1 Å². The van der Waals surface area contributed by atoms with Crippen LogP contribution in [0, 0.1) is 80.8 Å². The zero-order valence-electron chi connectivity index (χ0n) is 36.8. The van der Waals surface area contributed by atoms with E-state index < -0.39 is 101 Å². The Morgan fingerprint density at radius 3 is 1.34 bits per heavy atom. The van der Waals surface area contributed by atoms with Crippen LogP contribution in [0.3, 0.4) is 0 Å². The number of carbonyl (C=O) groups excluding carboxylic acids is 4. The van der Waals surface area contributed by atoms with Crippen LogP contribution in [-0.4, -0.2) is 93.1 Å². The molecule has 16 nitrogen and oxygen atoms in total. The van der Waals surface area contributed by atoms with Crippen LogP contribution in [-0.2, 0) is 38.4 Å². The summed E-state index contributed by atoms with van der Waals surface area (Å²) in [6, 6.07) is -0.723. The van der Waals surface area contributed by atoms with Crippen molar-refractivity contribution in [1.82, 2.24) is 21.3 Å². The summed E-state index contributed by atoms with van der Waals surface area (Å²) in [5, 5.41) is 52.0. The van der Waals surface area contributed by atoms with Crippen molar-refractivity contribution >= 4 is 47.5 Å². The number of amides is 4. The van der Waals surface area contributed by atoms with Gasteiger partial charge in [-0.25, -0.2) is 0 Å². The number of fused-ring (bicyclic) bond motifs is 4. The van der Waals surface area contributed by atoms with Gasteiger partial charge < -0.3 is 41.7 Å². The lowest BCUT2D eigenvalue weighted by molar-refractivity contribution is -0.156. The van der Waals surface area contributed by atoms with Crippen molar-refractivity contribution in [2.24, 2.45) is 80.8 Å². The summed E-state index contributed by atoms with van der Waals surface area (Å²) in [6.45, 7) is 12.5. The molecule has 0 aromatic rings. The fraction of sp³-hybridized carbons (Fsp3) is 0.739. The average molecular weight is 867 g/mol. The second-order valence-corrected chi connectivity index (χ2v) is 22.1. The molecular formula is C46H66N4O12. The zero-order chi connectivity index (χ0) is 45.7. The summed E-state index contributed by atoms with van der Waals surface area (Å²) in [6.07, 6.45) is 11.0. The predicted molar refractivity (Wildman–Crippen MR) is 224 cm³/mol. The van der Waals surface area contributed by atoms with Gasteiger partial charge in [-0.2, -0.15) is 0 Å². The van der Waals surface area contributed by atoms with Crippen LogP contribution in [0.25, 0.3) is 0 Å². The Labute approximate surface area is 362 Å². The lowest BCUT2D eigenvalue weighted by Gasteiger charge is -2.47. The third-order valence-corrected chi connectivity index (χ3v) is 15.0. The number of allylic oxidation sites excluding steroid dienone is 4. The summed E-state index contributed by atoms with van der Waals surface area (Å²) in [5.74, 6) is -13.8. The summed E-state index contributed by atoms with van der Waals surface area (Å²) in [4.78, 5) is 103. The standard InChI is InChI=1S/C46H66N4O12/c1-43(2)15-27(17-46(6,20-43)22-48-37(53)33-23-7-9-25(11-23)35(33)41(59)60)49-32(52)14-30(40(57)58)29(39(55)56)13-31(51)47-21-45(5)18-28(16-44(3,4)19-45)50-38(54)34-24-8-10-26(12-24)36(34)42(61)62/h7-10,23-30,33-36H,11-22H2,1-6H3,(H,47,51)(H,48,53)(H,49,52)(H,50,54)(H,55,56)(H,57,58)(H,59,60)(H,61,62). The third-order valence-electron chi connectivity index (χ3n) is 15.0. The zero-order valence-corrected chi connectivity index (χ0v) is 36.8. The first-order valence-electron chi connectivity index (χ1n) is 22.2. The summed E-state index contributed by atoms with van der Waals surface area (Å²) < 4.78 is 0. The Morgan fingerprint density at radius 2 is 0.903 bits per heavy atom. The van der Waals surface area contributed by atoms with Gasteiger partial charge >= 0.3 is 23.9 Å². The fourth-order valence-electron chi connectivity index (χ4n) is 13.4. The lowest BCUT2D eigenvalue weighted by Crippen LogP contribution is -2.52. The monoisotopic (exact) mass is 866 g/mol. The topological polar surface area (TPSA) is 266 Å². The number of hydrogen-bond donors (Lipinski definition) is 8. The van der Waals surface area contributed by atoms with Gasteiger partial charge in [0.25, 0.3) is 0 Å². The molecule has 0 aromatic heterocycles. The van der Waals surface area contributed by atoms with Crippen LogP contribution in [0.2, 0.25) is 0 Å². The highest BCUT2D eigenvalue weighted by Crippen LogP contribution is 2.51. The first-order chi connectivity index (χ1) is 28.8. The molecule has 6 rings (SSSR count). The van der Waals surface area contributed by atoms with E-state index in [9.17, 15) is 58.8 Å². The van der Waals surface area contributed by atoms with Crippen LogP contribution >= 0.6 is 0 Å². The first-order valence-corrected chi connectivity index (χ1v) is 22.2. The molecule has 14 atom stereocenters. The first kappa shape index (κ1) is 46.7. The minimum Gasteiger partial charge on any atom is -0.481 e. The van der Waals surface area contributed by atoms with Gasteiger partial charge in [-0.3, -0.25) is 38.4 Å². The predicted octanol–water partition coefficient (Wildman–Crippen LogP) is 3.85. The highest BCUT2D eigenvalue weighted by Gasteiger charge is 2.54. The van der Waals surface area contributed by atoms with Crippen LogP contribution in [0.5, 0.6) is 0 Å². The van der Waals surface area contributed by atoms with E-state index in [4.69, 9.17) is 0 Å². The maximum Gasteiger partial charge on any atom is 0.307 e. The Kier molecular flexibility index (Phi) is 13.1. The molecular weight excluding hydrogens is 801 g/mol. The van der Waals surface area contributed by atoms with E-state index in [0.717, 1.165) is 0 Å². The largest absolute Gasteiger partial charge is 0.481 e. The van der Waals surface area contributed by atoms with Gasteiger partial charge in [0.15, 0.2) is 0 Å². The number of nitrogens with one attached hydrogen (secondary N) is 4. The highest BCUT2D eigenvalue weighted by molar-refractivity contribution is 5.90. The minimum atomic E-state index is -1.71. The molecule has 0 aromatic carbocycles. The van der Waals surface area contributed by atoms with Crippen molar-refractivity contribution in [3.05, 3.63) is 24.3 Å². The molecule has 0 saturated heterocycles. The Hall–Kier alpha value is -4.76. The van der Waals surface area contributed by atoms with Gasteiger partial charge in [0.1, 0.15) is 0 Å². The summed E-state index contributed by atoms with van der Waals surface area (Å²) in [7, 11) is 0. The molecule has 6 aliphatic rings. The molecule has 0 spiro atoms. The molecule has 0 aliphatic heterocycles. The minimum absolute atomic E-state index is 0.121. The second-order valence-electron chi connectivity index (χ2n) is 22.1. The van der Waals surface area contributed by atoms with Gasteiger partial charge in [-0.1, -0.05) is 65.8 Å². The van der Waals surface area contributed by atoms with Gasteiger partial charge in [-0.15, -0.1) is 0 Å². The van der Waals surface area contributed by atoms with Crippen LogP contribution in [0.15, 0.2) is 24.3 Å². The number of carboxylic acids is 4. The van der Waals surface area contributed by atoms with E-state index in [1.54, 1.807) is 0 Å². The molecule has 0 radical (unpaired) electrons. The van der Waals surface area contributed by atoms with Crippen molar-refractivity contribution < 1.29 is 58.8 Å². The van der Waals surface area contributed by atoms with E-state index in [2.05, 4.69) is 35.1 Å². The summed E-state index contributed by atoms with van der Waals surface area (Å²) in [5.41, 5.74) is -1.60. The molecule has 62 heavy (non-hydrogen) atoms. The smallest absolute Gasteiger partial charge is 0.307 e. The van der Waals surface area contributed by atoms with Gasteiger partial charge in [0, 0.05) is 38.0 Å². The van der Waals surface area contributed by atoms with E-state index in [1.165, 1.54) is 0 Å². The molecule has 0 heterocycles. The quantitative estimate of drug-likeness (QED) is 0.0970. The Balaban J connectivity index is 1.03. The molecule has 16 heteroatoms. The number of rotatable bonds is 17. The molecule has 6 aliphatic carbocycles. The van der Waals surface area contributed by atoms with Crippen LogP contribution in [0.1, 0.15) is 106 Å².